The number of halogens is 2. The van der Waals surface area contributed by atoms with Crippen LogP contribution >= 0.6 is 31.0 Å². The van der Waals surface area contributed by atoms with Gasteiger partial charge in [0.2, 0.25) is 0 Å². The quantitative estimate of drug-likeness (QED) is 0.248. The van der Waals surface area contributed by atoms with E-state index >= 15 is 0 Å². The molecule has 1 N–H and O–H groups in total. The number of alkyl halides is 1. The number of nitrogens with zero attached hydrogens (tertiary/aromatic N) is 3. The van der Waals surface area contributed by atoms with Gasteiger partial charge in [-0.1, -0.05) is 11.6 Å². The van der Waals surface area contributed by atoms with Crippen molar-refractivity contribution in [2.45, 2.75) is 83.1 Å². The monoisotopic (exact) mass is 602 g/mol. The Morgan fingerprint density at radius 2 is 2.00 bits per heavy atom. The van der Waals surface area contributed by atoms with Crippen molar-refractivity contribution in [1.82, 2.24) is 9.55 Å². The van der Waals surface area contributed by atoms with Crippen molar-refractivity contribution in [2.75, 3.05) is 29.8 Å². The van der Waals surface area contributed by atoms with Crippen LogP contribution in [0.5, 0.6) is 0 Å². The van der Waals surface area contributed by atoms with Crippen molar-refractivity contribution in [3.63, 3.8) is 0 Å². The molecule has 0 radical (unpaired) electrons. The van der Waals surface area contributed by atoms with E-state index in [1.54, 1.807) is 13.8 Å². The molecule has 39 heavy (non-hydrogen) atoms. The molecule has 14 heteroatoms. The third-order valence-corrected chi connectivity index (χ3v) is 11.1. The van der Waals surface area contributed by atoms with E-state index < -0.39 is 31.9 Å². The molecule has 214 valence electrons. The second-order valence-corrected chi connectivity index (χ2v) is 14.1. The van der Waals surface area contributed by atoms with Crippen LogP contribution in [0.3, 0.4) is 0 Å². The van der Waals surface area contributed by atoms with Crippen LogP contribution in [-0.4, -0.2) is 70.3 Å². The largest absolute Gasteiger partial charge is 0.380 e. The zero-order valence-corrected chi connectivity index (χ0v) is 24.7. The summed E-state index contributed by atoms with van der Waals surface area (Å²) >= 11 is 7.87. The standard InChI is InChI=1S/C25H33ClFN4O6PS/c1-5-33-38(32,34-6-2)13-39-12-18-20-21(37-25(3,4)36-20)24(35-18)31-8-7-16-19(29-15-9-14(27)10-15)17(11-28)22(26)30-23(16)31/h7-8,14-15,18,20-21,24H,5-6,9-10,12-13H2,1-4H3,(H,29,30)/t14?,15?,18-,20-,21-,24-/m1/s1. The van der Waals surface area contributed by atoms with Gasteiger partial charge < -0.3 is 33.1 Å². The van der Waals surface area contributed by atoms with Gasteiger partial charge in [0.15, 0.2) is 17.2 Å². The van der Waals surface area contributed by atoms with Crippen LogP contribution in [-0.2, 0) is 27.8 Å². The molecule has 2 aliphatic heterocycles. The summed E-state index contributed by atoms with van der Waals surface area (Å²) in [6.07, 6.45) is -0.0534. The fraction of sp³-hybridized carbons (Fsp3) is 0.680. The highest BCUT2D eigenvalue weighted by atomic mass is 35.5. The Morgan fingerprint density at radius 1 is 1.31 bits per heavy atom. The van der Waals surface area contributed by atoms with E-state index in [0.717, 1.165) is 0 Å². The first-order chi connectivity index (χ1) is 18.6. The number of rotatable bonds is 11. The van der Waals surface area contributed by atoms with Gasteiger partial charge in [-0.15, -0.1) is 11.8 Å². The Kier molecular flexibility index (Phi) is 8.54. The molecule has 2 saturated heterocycles. The highest BCUT2D eigenvalue weighted by molar-refractivity contribution is 8.04. The summed E-state index contributed by atoms with van der Waals surface area (Å²) in [5.74, 6) is -0.347. The lowest BCUT2D eigenvalue weighted by molar-refractivity contribution is -0.193. The molecule has 0 bridgehead atoms. The fourth-order valence-corrected chi connectivity index (χ4v) is 8.76. The highest BCUT2D eigenvalue weighted by Crippen LogP contribution is 2.52. The maximum atomic E-state index is 13.5. The van der Waals surface area contributed by atoms with Gasteiger partial charge in [-0.3, -0.25) is 4.57 Å². The Balaban J connectivity index is 1.41. The van der Waals surface area contributed by atoms with Crippen LogP contribution in [0.15, 0.2) is 12.3 Å². The Labute approximate surface area is 236 Å². The van der Waals surface area contributed by atoms with Crippen LogP contribution in [0.25, 0.3) is 11.0 Å². The average molecular weight is 603 g/mol. The highest BCUT2D eigenvalue weighted by Gasteiger charge is 2.56. The predicted molar refractivity (Wildman–Crippen MR) is 147 cm³/mol. The first-order valence-corrected chi connectivity index (χ1v) is 16.3. The minimum Gasteiger partial charge on any atom is -0.380 e. The molecule has 2 aromatic heterocycles. The molecule has 0 amide bonds. The van der Waals surface area contributed by atoms with Gasteiger partial charge in [0.1, 0.15) is 35.7 Å². The Hall–Kier alpha value is -1.42. The molecule has 4 heterocycles. The molecule has 0 aromatic carbocycles. The lowest BCUT2D eigenvalue weighted by Gasteiger charge is -2.31. The van der Waals surface area contributed by atoms with Crippen molar-refractivity contribution < 1.29 is 32.2 Å². The minimum atomic E-state index is -3.21. The second-order valence-electron chi connectivity index (χ2n) is 10.2. The van der Waals surface area contributed by atoms with E-state index in [2.05, 4.69) is 16.4 Å². The van der Waals surface area contributed by atoms with Gasteiger partial charge in [0.25, 0.3) is 0 Å². The molecule has 5 rings (SSSR count). The average Bonchev–Trinajstić information content (AvgIpc) is 3.49. The first-order valence-electron chi connectivity index (χ1n) is 13.1. The molecule has 0 spiro atoms. The maximum absolute atomic E-state index is 13.5. The fourth-order valence-electron chi connectivity index (χ4n) is 5.27. The van der Waals surface area contributed by atoms with Crippen LogP contribution in [0.2, 0.25) is 5.15 Å². The van der Waals surface area contributed by atoms with Crippen molar-refractivity contribution in [3.8, 4) is 6.07 Å². The van der Waals surface area contributed by atoms with Gasteiger partial charge in [0.05, 0.1) is 30.5 Å². The predicted octanol–water partition coefficient (Wildman–Crippen LogP) is 5.85. The molecule has 3 aliphatic rings. The second kappa shape index (κ2) is 11.5. The van der Waals surface area contributed by atoms with E-state index in [0.29, 0.717) is 48.5 Å². The van der Waals surface area contributed by atoms with Crippen LogP contribution in [0, 0.1) is 11.3 Å². The van der Waals surface area contributed by atoms with Crippen molar-refractivity contribution >= 4 is 47.7 Å². The summed E-state index contributed by atoms with van der Waals surface area (Å²) in [5, 5.41) is 13.8. The lowest BCUT2D eigenvalue weighted by atomic mass is 9.90. The maximum Gasteiger partial charge on any atom is 0.340 e. The van der Waals surface area contributed by atoms with Gasteiger partial charge in [-0.25, -0.2) is 9.37 Å². The van der Waals surface area contributed by atoms with Gasteiger partial charge in [-0.05, 0) is 46.6 Å². The number of ether oxygens (including phenoxy) is 3. The Morgan fingerprint density at radius 3 is 2.64 bits per heavy atom. The number of fused-ring (bicyclic) bond motifs is 2. The van der Waals surface area contributed by atoms with E-state index in [4.69, 9.17) is 34.9 Å². The third-order valence-electron chi connectivity index (χ3n) is 6.94. The van der Waals surface area contributed by atoms with Gasteiger partial charge in [-0.2, -0.15) is 5.26 Å². The number of hydrogen-bond acceptors (Lipinski definition) is 10. The zero-order valence-electron chi connectivity index (χ0n) is 22.3. The summed E-state index contributed by atoms with van der Waals surface area (Å²) in [6, 6.07) is 3.89. The number of nitriles is 1. The molecular weight excluding hydrogens is 570 g/mol. The van der Waals surface area contributed by atoms with E-state index in [1.807, 2.05) is 30.7 Å². The van der Waals surface area contributed by atoms with Gasteiger partial charge in [0, 0.05) is 23.4 Å². The number of pyridine rings is 1. The number of anilines is 1. The molecule has 1 aliphatic carbocycles. The summed E-state index contributed by atoms with van der Waals surface area (Å²) < 4.78 is 58.0. The number of aromatic nitrogens is 2. The summed E-state index contributed by atoms with van der Waals surface area (Å²) in [4.78, 5) is 4.53. The lowest BCUT2D eigenvalue weighted by Crippen LogP contribution is -2.36. The Bertz CT molecular complexity index is 1290. The van der Waals surface area contributed by atoms with E-state index in [-0.39, 0.29) is 34.5 Å². The van der Waals surface area contributed by atoms with Gasteiger partial charge >= 0.3 is 7.60 Å². The number of nitrogens with one attached hydrogen (secondary N) is 1. The zero-order chi connectivity index (χ0) is 27.9. The summed E-state index contributed by atoms with van der Waals surface area (Å²) in [6.45, 7) is 7.86. The molecule has 10 nitrogen and oxygen atoms in total. The van der Waals surface area contributed by atoms with Crippen molar-refractivity contribution in [3.05, 3.63) is 23.0 Å². The van der Waals surface area contributed by atoms with E-state index in [9.17, 15) is 14.2 Å². The van der Waals surface area contributed by atoms with Crippen molar-refractivity contribution in [1.29, 1.82) is 5.26 Å². The minimum absolute atomic E-state index is 0.0525. The van der Waals surface area contributed by atoms with Crippen LogP contribution in [0.4, 0.5) is 10.1 Å². The number of hydrogen-bond donors (Lipinski definition) is 1. The molecule has 3 fully saturated rings. The van der Waals surface area contributed by atoms with Crippen LogP contribution < -0.4 is 5.32 Å². The smallest absolute Gasteiger partial charge is 0.340 e. The van der Waals surface area contributed by atoms with E-state index in [1.165, 1.54) is 11.8 Å². The number of thioether (sulfide) groups is 1. The molecule has 0 unspecified atom stereocenters. The third kappa shape index (κ3) is 5.84. The SMILES string of the molecule is CCOP(=O)(CSC[C@H]1O[C@@H](n2ccc3c(NC4CC(F)C4)c(C#N)c(Cl)nc32)[C@@H]2OC(C)(C)O[C@@H]21)OCC. The molecule has 1 saturated carbocycles. The first kappa shape index (κ1) is 29.1. The topological polar surface area (TPSA) is 117 Å². The molecule has 4 atom stereocenters. The molecule has 2 aromatic rings. The summed E-state index contributed by atoms with van der Waals surface area (Å²) in [5.41, 5.74) is 1.46. The summed E-state index contributed by atoms with van der Waals surface area (Å²) in [7, 11) is -3.21. The van der Waals surface area contributed by atoms with Crippen LogP contribution in [0.1, 0.15) is 52.3 Å². The molecular formula is C25H33ClFN4O6PS. The van der Waals surface area contributed by atoms with Crippen molar-refractivity contribution in [2.24, 2.45) is 0 Å². The normalized spacial score (nSPS) is 29.8.